The fraction of sp³-hybridized carbons (Fsp3) is 0.389. The van der Waals surface area contributed by atoms with Crippen molar-refractivity contribution in [3.8, 4) is 11.3 Å². The van der Waals surface area contributed by atoms with Gasteiger partial charge in [-0.05, 0) is 30.7 Å². The Kier molecular flexibility index (Phi) is 4.98. The molecule has 1 aromatic heterocycles. The van der Waals surface area contributed by atoms with Gasteiger partial charge in [-0.25, -0.2) is 8.78 Å². The van der Waals surface area contributed by atoms with Gasteiger partial charge in [0.1, 0.15) is 0 Å². The largest absolute Gasteiger partial charge is 0.348 e. The van der Waals surface area contributed by atoms with E-state index in [1.807, 2.05) is 6.07 Å². The Morgan fingerprint density at radius 2 is 1.87 bits per heavy atom. The summed E-state index contributed by atoms with van der Waals surface area (Å²) in [6.07, 6.45) is 3.46. The molecule has 1 aromatic carbocycles. The molecule has 23 heavy (non-hydrogen) atoms. The Labute approximate surface area is 134 Å². The minimum absolute atomic E-state index is 0.408. The Morgan fingerprint density at radius 1 is 1.09 bits per heavy atom. The van der Waals surface area contributed by atoms with Crippen molar-refractivity contribution in [2.45, 2.75) is 26.1 Å². The van der Waals surface area contributed by atoms with Gasteiger partial charge in [0.15, 0.2) is 17.9 Å². The van der Waals surface area contributed by atoms with E-state index < -0.39 is 17.9 Å². The van der Waals surface area contributed by atoms with Gasteiger partial charge in [0, 0.05) is 23.2 Å². The van der Waals surface area contributed by atoms with Crippen molar-refractivity contribution in [1.82, 2.24) is 4.98 Å². The van der Waals surface area contributed by atoms with Crippen LogP contribution in [0.25, 0.3) is 11.3 Å². The molecule has 2 heterocycles. The molecule has 0 bridgehead atoms. The lowest BCUT2D eigenvalue weighted by molar-refractivity contribution is -0.206. The highest BCUT2D eigenvalue weighted by molar-refractivity contribution is 5.59. The second-order valence-corrected chi connectivity index (χ2v) is 5.76. The van der Waals surface area contributed by atoms with Gasteiger partial charge in [0.25, 0.3) is 0 Å². The molecule has 0 amide bonds. The third-order valence-corrected chi connectivity index (χ3v) is 3.94. The van der Waals surface area contributed by atoms with E-state index in [0.29, 0.717) is 30.4 Å². The summed E-state index contributed by atoms with van der Waals surface area (Å²) in [5, 5.41) is 0. The minimum atomic E-state index is -0.880. The van der Waals surface area contributed by atoms with Crippen LogP contribution in [0, 0.1) is 17.6 Å². The summed E-state index contributed by atoms with van der Waals surface area (Å²) in [5.74, 6) is -1.30. The van der Waals surface area contributed by atoms with E-state index in [-0.39, 0.29) is 0 Å². The number of ether oxygens (including phenoxy) is 2. The molecular formula is C18H19F2NO2. The van der Waals surface area contributed by atoms with E-state index in [1.165, 1.54) is 6.07 Å². The Hall–Kier alpha value is -1.85. The van der Waals surface area contributed by atoms with Crippen molar-refractivity contribution in [2.24, 2.45) is 5.92 Å². The summed E-state index contributed by atoms with van der Waals surface area (Å²) < 4.78 is 37.7. The van der Waals surface area contributed by atoms with Crippen LogP contribution in [-0.4, -0.2) is 18.2 Å². The molecule has 2 aromatic rings. The average Bonchev–Trinajstić information content (AvgIpc) is 2.59. The first-order valence-corrected chi connectivity index (χ1v) is 7.82. The second-order valence-electron chi connectivity index (χ2n) is 5.76. The lowest BCUT2D eigenvalue weighted by Gasteiger charge is -2.29. The van der Waals surface area contributed by atoms with Crippen molar-refractivity contribution in [3.63, 3.8) is 0 Å². The van der Waals surface area contributed by atoms with Crippen LogP contribution < -0.4 is 0 Å². The molecule has 1 fully saturated rings. The first-order valence-electron chi connectivity index (χ1n) is 7.82. The SMILES string of the molecule is CCC[C@H]1CO[C@H](c2ccc(-c3ccc(F)c(F)c3)nc2)OC1. The number of nitrogens with zero attached hydrogens (tertiary/aromatic N) is 1. The molecule has 0 atom stereocenters. The van der Waals surface area contributed by atoms with Gasteiger partial charge in [0.05, 0.1) is 18.9 Å². The Morgan fingerprint density at radius 3 is 2.48 bits per heavy atom. The smallest absolute Gasteiger partial charge is 0.185 e. The van der Waals surface area contributed by atoms with Crippen molar-refractivity contribution >= 4 is 0 Å². The number of halogens is 2. The van der Waals surface area contributed by atoms with Gasteiger partial charge in [-0.15, -0.1) is 0 Å². The standard InChI is InChI=1S/C18H19F2NO2/c1-2-3-12-10-22-18(23-11-12)14-5-7-17(21-9-14)13-4-6-15(19)16(20)8-13/h4-9,12,18H,2-3,10-11H2,1H3/t12-,18-. The zero-order valence-corrected chi connectivity index (χ0v) is 13.0. The monoisotopic (exact) mass is 319 g/mol. The molecule has 1 aliphatic rings. The van der Waals surface area contributed by atoms with Gasteiger partial charge < -0.3 is 9.47 Å². The molecule has 3 nitrogen and oxygen atoms in total. The van der Waals surface area contributed by atoms with Crippen LogP contribution in [0.4, 0.5) is 8.78 Å². The van der Waals surface area contributed by atoms with E-state index in [9.17, 15) is 8.78 Å². The maximum Gasteiger partial charge on any atom is 0.185 e. The van der Waals surface area contributed by atoms with Gasteiger partial charge in [-0.3, -0.25) is 4.98 Å². The Balaban J connectivity index is 1.69. The molecule has 5 heteroatoms. The molecule has 0 unspecified atom stereocenters. The summed E-state index contributed by atoms with van der Waals surface area (Å²) in [7, 11) is 0. The van der Waals surface area contributed by atoms with Gasteiger partial charge >= 0.3 is 0 Å². The van der Waals surface area contributed by atoms with Crippen LogP contribution in [-0.2, 0) is 9.47 Å². The predicted octanol–water partition coefficient (Wildman–Crippen LogP) is 4.49. The highest BCUT2D eigenvalue weighted by Gasteiger charge is 2.23. The van der Waals surface area contributed by atoms with Gasteiger partial charge in [-0.1, -0.05) is 19.4 Å². The lowest BCUT2D eigenvalue weighted by atomic mass is 10.1. The van der Waals surface area contributed by atoms with Crippen molar-refractivity contribution in [3.05, 3.63) is 53.7 Å². The molecule has 0 radical (unpaired) electrons. The zero-order valence-electron chi connectivity index (χ0n) is 13.0. The van der Waals surface area contributed by atoms with E-state index in [0.717, 1.165) is 30.5 Å². The molecule has 3 rings (SSSR count). The van der Waals surface area contributed by atoms with Gasteiger partial charge in [-0.2, -0.15) is 0 Å². The molecular weight excluding hydrogens is 300 g/mol. The number of hydrogen-bond donors (Lipinski definition) is 0. The van der Waals surface area contributed by atoms with Crippen LogP contribution in [0.15, 0.2) is 36.5 Å². The zero-order chi connectivity index (χ0) is 16.2. The fourth-order valence-corrected chi connectivity index (χ4v) is 2.68. The van der Waals surface area contributed by atoms with E-state index in [2.05, 4.69) is 11.9 Å². The minimum Gasteiger partial charge on any atom is -0.348 e. The van der Waals surface area contributed by atoms with Crippen LogP contribution in [0.2, 0.25) is 0 Å². The maximum atomic E-state index is 13.3. The number of hydrogen-bond acceptors (Lipinski definition) is 3. The molecule has 0 N–H and O–H groups in total. The highest BCUT2D eigenvalue weighted by atomic mass is 19.2. The summed E-state index contributed by atoms with van der Waals surface area (Å²) in [5.41, 5.74) is 1.93. The molecule has 1 saturated heterocycles. The molecule has 122 valence electrons. The summed E-state index contributed by atoms with van der Waals surface area (Å²) >= 11 is 0. The molecule has 0 saturated carbocycles. The van der Waals surface area contributed by atoms with Crippen LogP contribution in [0.5, 0.6) is 0 Å². The normalized spacial score (nSPS) is 21.3. The van der Waals surface area contributed by atoms with Crippen LogP contribution in [0.3, 0.4) is 0 Å². The fourth-order valence-electron chi connectivity index (χ4n) is 2.68. The third-order valence-electron chi connectivity index (χ3n) is 3.94. The van der Waals surface area contributed by atoms with E-state index >= 15 is 0 Å². The first-order chi connectivity index (χ1) is 11.2. The maximum absolute atomic E-state index is 13.3. The lowest BCUT2D eigenvalue weighted by Crippen LogP contribution is -2.27. The molecule has 1 aliphatic heterocycles. The molecule has 0 spiro atoms. The topological polar surface area (TPSA) is 31.4 Å². The summed E-state index contributed by atoms with van der Waals surface area (Å²) in [4.78, 5) is 4.30. The number of rotatable bonds is 4. The number of aromatic nitrogens is 1. The van der Waals surface area contributed by atoms with Gasteiger partial charge in [0.2, 0.25) is 0 Å². The number of pyridine rings is 1. The Bertz CT molecular complexity index is 653. The number of benzene rings is 1. The third kappa shape index (κ3) is 3.74. The highest BCUT2D eigenvalue weighted by Crippen LogP contribution is 2.28. The quantitative estimate of drug-likeness (QED) is 0.832. The van der Waals surface area contributed by atoms with Crippen molar-refractivity contribution in [2.75, 3.05) is 13.2 Å². The van der Waals surface area contributed by atoms with Crippen LogP contribution in [0.1, 0.15) is 31.6 Å². The van der Waals surface area contributed by atoms with Crippen molar-refractivity contribution in [1.29, 1.82) is 0 Å². The second kappa shape index (κ2) is 7.15. The first kappa shape index (κ1) is 16.0. The summed E-state index contributed by atoms with van der Waals surface area (Å²) in [6.45, 7) is 3.51. The van der Waals surface area contributed by atoms with E-state index in [1.54, 1.807) is 12.3 Å². The van der Waals surface area contributed by atoms with E-state index in [4.69, 9.17) is 9.47 Å². The van der Waals surface area contributed by atoms with Crippen LogP contribution >= 0.6 is 0 Å². The predicted molar refractivity (Wildman–Crippen MR) is 82.6 cm³/mol. The van der Waals surface area contributed by atoms with Crippen molar-refractivity contribution < 1.29 is 18.3 Å². The average molecular weight is 319 g/mol. The molecule has 0 aliphatic carbocycles. The summed E-state index contributed by atoms with van der Waals surface area (Å²) in [6, 6.07) is 7.34.